The Morgan fingerprint density at radius 2 is 2.29 bits per heavy atom. The van der Waals surface area contributed by atoms with Gasteiger partial charge in [-0.3, -0.25) is 9.69 Å². The van der Waals surface area contributed by atoms with E-state index in [0.717, 1.165) is 29.8 Å². The van der Waals surface area contributed by atoms with Gasteiger partial charge < -0.3 is 14.5 Å². The van der Waals surface area contributed by atoms with Gasteiger partial charge in [-0.05, 0) is 18.7 Å². The molecule has 0 saturated carbocycles. The number of furan rings is 1. The molecule has 21 heavy (non-hydrogen) atoms. The van der Waals surface area contributed by atoms with Crippen LogP contribution in [0.2, 0.25) is 0 Å². The molecule has 0 unspecified atom stereocenters. The third-order valence-corrected chi connectivity index (χ3v) is 3.80. The molecular weight excluding hydrogens is 268 g/mol. The van der Waals surface area contributed by atoms with Crippen molar-refractivity contribution in [2.75, 3.05) is 26.2 Å². The lowest BCUT2D eigenvalue weighted by atomic mass is 10.2. The molecule has 5 nitrogen and oxygen atoms in total. The zero-order valence-electron chi connectivity index (χ0n) is 12.2. The molecule has 3 rings (SSSR count). The van der Waals surface area contributed by atoms with Crippen LogP contribution in [-0.2, 0) is 16.1 Å². The smallest absolute Gasteiger partial charge is 0.250 e. The zero-order chi connectivity index (χ0) is 14.7. The number of fused-ring (bicyclic) bond motifs is 1. The van der Waals surface area contributed by atoms with Crippen molar-refractivity contribution in [3.63, 3.8) is 0 Å². The number of benzene rings is 1. The van der Waals surface area contributed by atoms with Crippen LogP contribution in [0.3, 0.4) is 0 Å². The Hall–Kier alpha value is -1.85. The Balaban J connectivity index is 1.57. The molecule has 1 aromatic heterocycles. The summed E-state index contributed by atoms with van der Waals surface area (Å²) in [6, 6.07) is 9.77. The molecule has 1 N–H and O–H groups in total. The summed E-state index contributed by atoms with van der Waals surface area (Å²) < 4.78 is 11.2. The topological polar surface area (TPSA) is 54.7 Å². The van der Waals surface area contributed by atoms with E-state index in [1.54, 1.807) is 0 Å². The molecule has 2 aromatic rings. The highest BCUT2D eigenvalue weighted by Crippen LogP contribution is 2.18. The molecule has 5 heteroatoms. The molecule has 1 atom stereocenters. The molecule has 1 aliphatic heterocycles. The first kappa shape index (κ1) is 14.1. The normalized spacial score (nSPS) is 19.8. The molecule has 0 radical (unpaired) electrons. The molecule has 0 aliphatic carbocycles. The van der Waals surface area contributed by atoms with Crippen molar-refractivity contribution in [1.29, 1.82) is 0 Å². The fourth-order valence-electron chi connectivity index (χ4n) is 2.56. The molecule has 2 heterocycles. The van der Waals surface area contributed by atoms with E-state index in [-0.39, 0.29) is 12.0 Å². The van der Waals surface area contributed by atoms with Gasteiger partial charge in [0.25, 0.3) is 5.91 Å². The van der Waals surface area contributed by atoms with Crippen molar-refractivity contribution < 1.29 is 13.9 Å². The van der Waals surface area contributed by atoms with Gasteiger partial charge in [0.1, 0.15) is 17.4 Å². The lowest BCUT2D eigenvalue weighted by Gasteiger charge is -2.31. The zero-order valence-corrected chi connectivity index (χ0v) is 12.2. The average Bonchev–Trinajstić information content (AvgIpc) is 2.95. The number of morpholine rings is 1. The van der Waals surface area contributed by atoms with Crippen molar-refractivity contribution in [3.05, 3.63) is 36.1 Å². The molecule has 1 aliphatic rings. The van der Waals surface area contributed by atoms with Crippen molar-refractivity contribution in [3.8, 4) is 0 Å². The maximum Gasteiger partial charge on any atom is 0.250 e. The van der Waals surface area contributed by atoms with Crippen molar-refractivity contribution in [1.82, 2.24) is 10.2 Å². The summed E-state index contributed by atoms with van der Waals surface area (Å²) in [7, 11) is 0. The number of likely N-dealkylation sites (N-methyl/N-ethyl adjacent to an activating group) is 1. The lowest BCUT2D eigenvalue weighted by molar-refractivity contribution is -0.138. The van der Waals surface area contributed by atoms with Crippen LogP contribution in [0, 0.1) is 0 Å². The predicted octanol–water partition coefficient (Wildman–Crippen LogP) is 1.77. The minimum absolute atomic E-state index is 0.0754. The largest absolute Gasteiger partial charge is 0.459 e. The van der Waals surface area contributed by atoms with Gasteiger partial charge in [0, 0.05) is 18.5 Å². The van der Waals surface area contributed by atoms with Crippen LogP contribution >= 0.6 is 0 Å². The van der Waals surface area contributed by atoms with E-state index in [2.05, 4.69) is 17.1 Å². The summed E-state index contributed by atoms with van der Waals surface area (Å²) in [6.07, 6.45) is -0.386. The minimum Gasteiger partial charge on any atom is -0.459 e. The molecular formula is C16H20N2O3. The number of hydrogen-bond donors (Lipinski definition) is 1. The Bertz CT molecular complexity index is 590. The van der Waals surface area contributed by atoms with Crippen LogP contribution in [0.4, 0.5) is 0 Å². The van der Waals surface area contributed by atoms with E-state index in [9.17, 15) is 4.79 Å². The Morgan fingerprint density at radius 1 is 1.43 bits per heavy atom. The number of nitrogens with zero attached hydrogens (tertiary/aromatic N) is 1. The van der Waals surface area contributed by atoms with Gasteiger partial charge in [-0.1, -0.05) is 25.1 Å². The van der Waals surface area contributed by atoms with Crippen molar-refractivity contribution >= 4 is 16.9 Å². The highest BCUT2D eigenvalue weighted by Gasteiger charge is 2.25. The third-order valence-electron chi connectivity index (χ3n) is 3.80. The van der Waals surface area contributed by atoms with E-state index >= 15 is 0 Å². The average molecular weight is 288 g/mol. The number of amides is 1. The van der Waals surface area contributed by atoms with Gasteiger partial charge in [0.15, 0.2) is 0 Å². The van der Waals surface area contributed by atoms with E-state index < -0.39 is 0 Å². The molecule has 0 spiro atoms. The summed E-state index contributed by atoms with van der Waals surface area (Å²) in [5.74, 6) is 0.682. The quantitative estimate of drug-likeness (QED) is 0.931. The first-order valence-corrected chi connectivity index (χ1v) is 7.35. The van der Waals surface area contributed by atoms with E-state index in [4.69, 9.17) is 9.15 Å². The predicted molar refractivity (Wildman–Crippen MR) is 79.9 cm³/mol. The summed E-state index contributed by atoms with van der Waals surface area (Å²) in [5, 5.41) is 3.94. The second kappa shape index (κ2) is 6.28. The summed E-state index contributed by atoms with van der Waals surface area (Å²) in [4.78, 5) is 14.4. The van der Waals surface area contributed by atoms with Crippen LogP contribution in [-0.4, -0.2) is 43.2 Å². The van der Waals surface area contributed by atoms with Crippen molar-refractivity contribution in [2.45, 2.75) is 19.6 Å². The Morgan fingerprint density at radius 3 is 3.10 bits per heavy atom. The van der Waals surface area contributed by atoms with Gasteiger partial charge in [-0.2, -0.15) is 0 Å². The first-order valence-electron chi connectivity index (χ1n) is 7.35. The summed E-state index contributed by atoms with van der Waals surface area (Å²) in [5.41, 5.74) is 0.841. The standard InChI is InChI=1S/C16H20N2O3/c1-2-18-7-8-20-15(11-18)16(19)17-10-13-9-12-5-3-4-6-14(12)21-13/h3-6,9,15H,2,7-8,10-11H2,1H3,(H,17,19)/t15-/m0/s1. The van der Waals surface area contributed by atoms with Crippen LogP contribution in [0.1, 0.15) is 12.7 Å². The number of nitrogens with one attached hydrogen (secondary N) is 1. The highest BCUT2D eigenvalue weighted by molar-refractivity contribution is 5.81. The number of para-hydroxylation sites is 1. The fraction of sp³-hybridized carbons (Fsp3) is 0.438. The first-order chi connectivity index (χ1) is 10.3. The SMILES string of the molecule is CCN1CCO[C@H](C(=O)NCc2cc3ccccc3o2)C1. The number of ether oxygens (including phenoxy) is 1. The number of hydrogen-bond acceptors (Lipinski definition) is 4. The molecule has 1 fully saturated rings. The maximum absolute atomic E-state index is 12.1. The fourth-order valence-corrected chi connectivity index (χ4v) is 2.56. The third kappa shape index (κ3) is 3.25. The minimum atomic E-state index is -0.386. The van der Waals surface area contributed by atoms with Gasteiger partial charge in [-0.25, -0.2) is 0 Å². The van der Waals surface area contributed by atoms with Gasteiger partial charge in [-0.15, -0.1) is 0 Å². The van der Waals surface area contributed by atoms with Crippen LogP contribution < -0.4 is 5.32 Å². The summed E-state index contributed by atoms with van der Waals surface area (Å²) in [6.45, 7) is 5.58. The Labute approximate surface area is 123 Å². The molecule has 1 aromatic carbocycles. The lowest BCUT2D eigenvalue weighted by Crippen LogP contribution is -2.49. The maximum atomic E-state index is 12.1. The van der Waals surface area contributed by atoms with Gasteiger partial charge in [0.05, 0.1) is 13.2 Å². The van der Waals surface area contributed by atoms with Gasteiger partial charge >= 0.3 is 0 Å². The number of carbonyl (C=O) groups is 1. The van der Waals surface area contributed by atoms with Crippen LogP contribution in [0.25, 0.3) is 11.0 Å². The van der Waals surface area contributed by atoms with Crippen molar-refractivity contribution in [2.24, 2.45) is 0 Å². The second-order valence-electron chi connectivity index (χ2n) is 5.22. The van der Waals surface area contributed by atoms with E-state index in [1.165, 1.54) is 0 Å². The Kier molecular flexibility index (Phi) is 4.22. The van der Waals surface area contributed by atoms with Gasteiger partial charge in [0.2, 0.25) is 0 Å². The summed E-state index contributed by atoms with van der Waals surface area (Å²) >= 11 is 0. The molecule has 0 bridgehead atoms. The highest BCUT2D eigenvalue weighted by atomic mass is 16.5. The second-order valence-corrected chi connectivity index (χ2v) is 5.22. The van der Waals surface area contributed by atoms with E-state index in [0.29, 0.717) is 19.7 Å². The molecule has 1 amide bonds. The monoisotopic (exact) mass is 288 g/mol. The molecule has 112 valence electrons. The number of rotatable bonds is 4. The van der Waals surface area contributed by atoms with Crippen LogP contribution in [0.15, 0.2) is 34.7 Å². The van der Waals surface area contributed by atoms with Crippen LogP contribution in [0.5, 0.6) is 0 Å². The molecule has 1 saturated heterocycles. The number of carbonyl (C=O) groups excluding carboxylic acids is 1. The van der Waals surface area contributed by atoms with E-state index in [1.807, 2.05) is 30.3 Å².